The third-order valence-electron chi connectivity index (χ3n) is 2.23. The van der Waals surface area contributed by atoms with E-state index in [0.29, 0.717) is 17.1 Å². The zero-order valence-electron chi connectivity index (χ0n) is 8.32. The third-order valence-corrected chi connectivity index (χ3v) is 2.58. The van der Waals surface area contributed by atoms with Gasteiger partial charge in [0.05, 0.1) is 0 Å². The number of halogens is 2. The van der Waals surface area contributed by atoms with Gasteiger partial charge in [-0.25, -0.2) is 4.39 Å². The molecule has 0 radical (unpaired) electrons. The Hall–Kier alpha value is -0.600. The molecule has 1 aromatic carbocycles. The van der Waals surface area contributed by atoms with Crippen molar-refractivity contribution in [1.29, 1.82) is 0 Å². The van der Waals surface area contributed by atoms with Crippen LogP contribution in [0.15, 0.2) is 12.1 Å². The number of unbranched alkanes of at least 4 members (excludes halogenated alkanes) is 1. The fourth-order valence-electron chi connectivity index (χ4n) is 1.37. The molecule has 0 atom stereocenters. The average molecular weight is 216 g/mol. The molecule has 0 aromatic heterocycles. The van der Waals surface area contributed by atoms with Crippen LogP contribution in [0.3, 0.4) is 0 Å². The summed E-state index contributed by atoms with van der Waals surface area (Å²) in [6.45, 7) is 2.44. The van der Waals surface area contributed by atoms with E-state index in [1.807, 2.05) is 6.07 Å². The molecule has 0 aliphatic carbocycles. The lowest BCUT2D eigenvalue weighted by molar-refractivity contribution is 0.617. The Morgan fingerprint density at radius 1 is 1.36 bits per heavy atom. The lowest BCUT2D eigenvalue weighted by atomic mass is 10.1. The van der Waals surface area contributed by atoms with E-state index in [1.54, 1.807) is 6.92 Å². The zero-order valence-corrected chi connectivity index (χ0v) is 9.07. The Kier molecular flexibility index (Phi) is 4.36. The number of hydrogen-bond acceptors (Lipinski definition) is 1. The maximum atomic E-state index is 13.0. The van der Waals surface area contributed by atoms with E-state index in [9.17, 15) is 4.39 Å². The largest absolute Gasteiger partial charge is 0.330 e. The molecule has 14 heavy (non-hydrogen) atoms. The summed E-state index contributed by atoms with van der Waals surface area (Å²) >= 11 is 5.91. The smallest absolute Gasteiger partial charge is 0.127 e. The van der Waals surface area contributed by atoms with Gasteiger partial charge in [0.25, 0.3) is 0 Å². The normalized spacial score (nSPS) is 10.6. The molecule has 0 spiro atoms. The minimum atomic E-state index is -0.238. The first-order valence-electron chi connectivity index (χ1n) is 4.79. The summed E-state index contributed by atoms with van der Waals surface area (Å²) in [5.41, 5.74) is 7.05. The standard InChI is InChI=1S/C11H15ClFN/c1-8-6-9(4-2-3-5-14)10(12)7-11(8)13/h6-7H,2-5,14H2,1H3. The highest BCUT2D eigenvalue weighted by molar-refractivity contribution is 6.31. The predicted octanol–water partition coefficient (Wildman–Crippen LogP) is 3.07. The molecule has 0 unspecified atom stereocenters. The summed E-state index contributed by atoms with van der Waals surface area (Å²) in [5.74, 6) is -0.238. The number of benzene rings is 1. The van der Waals surface area contributed by atoms with Gasteiger partial charge in [-0.2, -0.15) is 0 Å². The maximum Gasteiger partial charge on any atom is 0.127 e. The maximum absolute atomic E-state index is 13.0. The second kappa shape index (κ2) is 5.32. The van der Waals surface area contributed by atoms with Crippen molar-refractivity contribution in [3.63, 3.8) is 0 Å². The molecule has 1 nitrogen and oxygen atoms in total. The van der Waals surface area contributed by atoms with Crippen molar-refractivity contribution in [2.45, 2.75) is 26.2 Å². The summed E-state index contributed by atoms with van der Waals surface area (Å²) in [7, 11) is 0. The molecule has 0 fully saturated rings. The summed E-state index contributed by atoms with van der Waals surface area (Å²) in [5, 5.41) is 0.519. The molecule has 1 aromatic rings. The molecule has 0 saturated carbocycles. The summed E-state index contributed by atoms with van der Waals surface area (Å²) in [6.07, 6.45) is 2.85. The first kappa shape index (κ1) is 11.5. The third kappa shape index (κ3) is 2.96. The molecule has 0 heterocycles. The van der Waals surface area contributed by atoms with E-state index in [0.717, 1.165) is 24.8 Å². The van der Waals surface area contributed by atoms with Gasteiger partial charge < -0.3 is 5.73 Å². The van der Waals surface area contributed by atoms with Crippen molar-refractivity contribution in [2.24, 2.45) is 5.73 Å². The van der Waals surface area contributed by atoms with Crippen LogP contribution in [0.1, 0.15) is 24.0 Å². The Morgan fingerprint density at radius 3 is 2.71 bits per heavy atom. The number of aryl methyl sites for hydroxylation is 2. The van der Waals surface area contributed by atoms with Crippen LogP contribution in [0.2, 0.25) is 5.02 Å². The van der Waals surface area contributed by atoms with Crippen molar-refractivity contribution in [3.8, 4) is 0 Å². The zero-order chi connectivity index (χ0) is 10.6. The fourth-order valence-corrected chi connectivity index (χ4v) is 1.61. The van der Waals surface area contributed by atoms with Crippen LogP contribution in [0.5, 0.6) is 0 Å². The Labute approximate surface area is 89.1 Å². The van der Waals surface area contributed by atoms with E-state index in [1.165, 1.54) is 6.07 Å². The molecule has 0 aliphatic heterocycles. The van der Waals surface area contributed by atoms with Gasteiger partial charge in [0, 0.05) is 5.02 Å². The first-order valence-corrected chi connectivity index (χ1v) is 5.17. The summed E-state index contributed by atoms with van der Waals surface area (Å²) < 4.78 is 13.0. The lowest BCUT2D eigenvalue weighted by Gasteiger charge is -2.06. The van der Waals surface area contributed by atoms with Crippen LogP contribution in [-0.2, 0) is 6.42 Å². The van der Waals surface area contributed by atoms with Gasteiger partial charge in [-0.15, -0.1) is 0 Å². The van der Waals surface area contributed by atoms with Crippen molar-refractivity contribution in [1.82, 2.24) is 0 Å². The highest BCUT2D eigenvalue weighted by atomic mass is 35.5. The molecular formula is C11H15ClFN. The Bertz CT molecular complexity index is 312. The van der Waals surface area contributed by atoms with E-state index in [-0.39, 0.29) is 5.82 Å². The van der Waals surface area contributed by atoms with Crippen molar-refractivity contribution in [2.75, 3.05) is 6.54 Å². The molecule has 2 N–H and O–H groups in total. The van der Waals surface area contributed by atoms with Crippen LogP contribution in [0.25, 0.3) is 0 Å². The minimum absolute atomic E-state index is 0.238. The van der Waals surface area contributed by atoms with Gasteiger partial charge in [-0.05, 0) is 49.9 Å². The second-order valence-corrected chi connectivity index (χ2v) is 3.85. The minimum Gasteiger partial charge on any atom is -0.330 e. The lowest BCUT2D eigenvalue weighted by Crippen LogP contribution is -1.99. The SMILES string of the molecule is Cc1cc(CCCCN)c(Cl)cc1F. The van der Waals surface area contributed by atoms with Crippen molar-refractivity contribution < 1.29 is 4.39 Å². The number of rotatable bonds is 4. The molecule has 0 saturated heterocycles. The van der Waals surface area contributed by atoms with E-state index >= 15 is 0 Å². The Balaban J connectivity index is 2.72. The van der Waals surface area contributed by atoms with Gasteiger partial charge in [0.15, 0.2) is 0 Å². The van der Waals surface area contributed by atoms with E-state index in [4.69, 9.17) is 17.3 Å². The first-order chi connectivity index (χ1) is 6.65. The van der Waals surface area contributed by atoms with Gasteiger partial charge in [-0.1, -0.05) is 17.7 Å². The van der Waals surface area contributed by atoms with Crippen LogP contribution in [-0.4, -0.2) is 6.54 Å². The van der Waals surface area contributed by atoms with Gasteiger partial charge in [-0.3, -0.25) is 0 Å². The fraction of sp³-hybridized carbons (Fsp3) is 0.455. The van der Waals surface area contributed by atoms with Gasteiger partial charge >= 0.3 is 0 Å². The molecule has 0 bridgehead atoms. The highest BCUT2D eigenvalue weighted by Gasteiger charge is 2.04. The van der Waals surface area contributed by atoms with Crippen LogP contribution in [0.4, 0.5) is 4.39 Å². The summed E-state index contributed by atoms with van der Waals surface area (Å²) in [6, 6.07) is 3.20. The van der Waals surface area contributed by atoms with E-state index < -0.39 is 0 Å². The molecule has 0 aliphatic rings. The molecular weight excluding hydrogens is 201 g/mol. The highest BCUT2D eigenvalue weighted by Crippen LogP contribution is 2.21. The molecule has 1 rings (SSSR count). The van der Waals surface area contributed by atoms with Crippen LogP contribution < -0.4 is 5.73 Å². The monoisotopic (exact) mass is 215 g/mol. The average Bonchev–Trinajstić information content (AvgIpc) is 2.14. The van der Waals surface area contributed by atoms with Gasteiger partial charge in [0.2, 0.25) is 0 Å². The van der Waals surface area contributed by atoms with E-state index in [2.05, 4.69) is 0 Å². The molecule has 78 valence electrons. The molecule has 0 amide bonds. The number of hydrogen-bond donors (Lipinski definition) is 1. The van der Waals surface area contributed by atoms with Crippen LogP contribution in [0, 0.1) is 12.7 Å². The van der Waals surface area contributed by atoms with Crippen molar-refractivity contribution >= 4 is 11.6 Å². The number of nitrogens with two attached hydrogens (primary N) is 1. The predicted molar refractivity (Wildman–Crippen MR) is 58.1 cm³/mol. The van der Waals surface area contributed by atoms with Gasteiger partial charge in [0.1, 0.15) is 5.82 Å². The molecule has 3 heteroatoms. The second-order valence-electron chi connectivity index (χ2n) is 3.44. The van der Waals surface area contributed by atoms with Crippen LogP contribution >= 0.6 is 11.6 Å². The topological polar surface area (TPSA) is 26.0 Å². The Morgan fingerprint density at radius 2 is 2.07 bits per heavy atom. The quantitative estimate of drug-likeness (QED) is 0.768. The summed E-state index contributed by atoms with van der Waals surface area (Å²) in [4.78, 5) is 0. The van der Waals surface area contributed by atoms with Crippen molar-refractivity contribution in [3.05, 3.63) is 34.1 Å².